The third-order valence-corrected chi connectivity index (χ3v) is 4.68. The van der Waals surface area contributed by atoms with Crippen LogP contribution in [-0.2, 0) is 11.3 Å². The Hall–Kier alpha value is -3.29. The Labute approximate surface area is 156 Å². The lowest BCUT2D eigenvalue weighted by Gasteiger charge is -2.15. The minimum absolute atomic E-state index is 0.130. The molecule has 0 unspecified atom stereocenters. The van der Waals surface area contributed by atoms with Crippen molar-refractivity contribution in [1.29, 1.82) is 0 Å². The highest BCUT2D eigenvalue weighted by molar-refractivity contribution is 5.97. The summed E-state index contributed by atoms with van der Waals surface area (Å²) in [5, 5.41) is 11.1. The van der Waals surface area contributed by atoms with Crippen LogP contribution in [0.1, 0.15) is 40.4 Å². The summed E-state index contributed by atoms with van der Waals surface area (Å²) in [6.07, 6.45) is 1.46. The SMILES string of the molecule is Cc1cc(C)n2c(CNC(=O)c3ccc(N4CCCC4=O)cc3)nnc2n1. The van der Waals surface area contributed by atoms with Gasteiger partial charge in [0.15, 0.2) is 5.82 Å². The summed E-state index contributed by atoms with van der Waals surface area (Å²) in [5.41, 5.74) is 3.20. The number of hydrogen-bond donors (Lipinski definition) is 1. The van der Waals surface area contributed by atoms with E-state index in [1.165, 1.54) is 0 Å². The van der Waals surface area contributed by atoms with Crippen molar-refractivity contribution in [2.24, 2.45) is 0 Å². The normalized spacial score (nSPS) is 14.1. The van der Waals surface area contributed by atoms with Gasteiger partial charge in [0.1, 0.15) is 0 Å². The van der Waals surface area contributed by atoms with Crippen molar-refractivity contribution in [3.05, 3.63) is 53.1 Å². The Kier molecular flexibility index (Phi) is 4.31. The average molecular weight is 364 g/mol. The largest absolute Gasteiger partial charge is 0.345 e. The van der Waals surface area contributed by atoms with Gasteiger partial charge in [-0.3, -0.25) is 14.0 Å². The molecule has 1 aliphatic heterocycles. The first-order valence-corrected chi connectivity index (χ1v) is 8.90. The van der Waals surface area contributed by atoms with Crippen molar-refractivity contribution in [3.63, 3.8) is 0 Å². The van der Waals surface area contributed by atoms with Crippen LogP contribution >= 0.6 is 0 Å². The fraction of sp³-hybridized carbons (Fsp3) is 0.316. The molecule has 0 aliphatic carbocycles. The van der Waals surface area contributed by atoms with Crippen molar-refractivity contribution in [2.45, 2.75) is 33.2 Å². The van der Waals surface area contributed by atoms with Gasteiger partial charge in [-0.1, -0.05) is 0 Å². The average Bonchev–Trinajstić information content (AvgIpc) is 3.26. The Morgan fingerprint density at radius 3 is 2.67 bits per heavy atom. The van der Waals surface area contributed by atoms with Crippen LogP contribution in [0.3, 0.4) is 0 Å². The summed E-state index contributed by atoms with van der Waals surface area (Å²) in [4.78, 5) is 30.3. The number of nitrogens with zero attached hydrogens (tertiary/aromatic N) is 5. The maximum absolute atomic E-state index is 12.4. The first kappa shape index (κ1) is 17.1. The van der Waals surface area contributed by atoms with E-state index in [9.17, 15) is 9.59 Å². The minimum Gasteiger partial charge on any atom is -0.345 e. The van der Waals surface area contributed by atoms with E-state index in [4.69, 9.17) is 0 Å². The number of amides is 2. The molecule has 0 radical (unpaired) electrons. The van der Waals surface area contributed by atoms with Crippen LogP contribution in [-0.4, -0.2) is 37.9 Å². The molecule has 0 bridgehead atoms. The molecule has 1 saturated heterocycles. The monoisotopic (exact) mass is 364 g/mol. The summed E-state index contributed by atoms with van der Waals surface area (Å²) in [5.74, 6) is 1.08. The first-order valence-electron chi connectivity index (χ1n) is 8.90. The van der Waals surface area contributed by atoms with Crippen LogP contribution in [0.2, 0.25) is 0 Å². The van der Waals surface area contributed by atoms with Gasteiger partial charge in [-0.05, 0) is 50.6 Å². The molecule has 0 saturated carbocycles. The second-order valence-electron chi connectivity index (χ2n) is 6.67. The van der Waals surface area contributed by atoms with Gasteiger partial charge in [0.05, 0.1) is 6.54 Å². The van der Waals surface area contributed by atoms with Gasteiger partial charge in [0.2, 0.25) is 5.91 Å². The number of aryl methyl sites for hydroxylation is 2. The lowest BCUT2D eigenvalue weighted by molar-refractivity contribution is -0.117. The zero-order valence-corrected chi connectivity index (χ0v) is 15.3. The molecule has 8 heteroatoms. The number of carbonyl (C=O) groups is 2. The summed E-state index contributed by atoms with van der Waals surface area (Å²) in [6.45, 7) is 4.84. The second kappa shape index (κ2) is 6.79. The highest BCUT2D eigenvalue weighted by atomic mass is 16.2. The Morgan fingerprint density at radius 1 is 1.19 bits per heavy atom. The summed E-state index contributed by atoms with van der Waals surface area (Å²) in [7, 11) is 0. The molecule has 3 aromatic rings. The van der Waals surface area contributed by atoms with E-state index in [0.717, 1.165) is 30.0 Å². The molecule has 1 fully saturated rings. The van der Waals surface area contributed by atoms with Gasteiger partial charge in [0, 0.05) is 35.6 Å². The Balaban J connectivity index is 1.46. The van der Waals surface area contributed by atoms with Crippen LogP contribution in [0.25, 0.3) is 5.78 Å². The lowest BCUT2D eigenvalue weighted by Crippen LogP contribution is -2.25. The molecule has 1 aliphatic rings. The van der Waals surface area contributed by atoms with Crippen LogP contribution < -0.4 is 10.2 Å². The quantitative estimate of drug-likeness (QED) is 0.762. The van der Waals surface area contributed by atoms with Crippen LogP contribution in [0, 0.1) is 13.8 Å². The molecule has 4 rings (SSSR count). The molecule has 138 valence electrons. The minimum atomic E-state index is -0.205. The fourth-order valence-electron chi connectivity index (χ4n) is 3.39. The van der Waals surface area contributed by atoms with E-state index in [1.807, 2.05) is 24.3 Å². The molecular formula is C19H20N6O2. The summed E-state index contributed by atoms with van der Waals surface area (Å²) >= 11 is 0. The van der Waals surface area contributed by atoms with Gasteiger partial charge < -0.3 is 10.2 Å². The number of carbonyl (C=O) groups excluding carboxylic acids is 2. The Morgan fingerprint density at radius 2 is 1.96 bits per heavy atom. The van der Waals surface area contributed by atoms with Gasteiger partial charge in [0.25, 0.3) is 11.7 Å². The zero-order chi connectivity index (χ0) is 19.0. The second-order valence-corrected chi connectivity index (χ2v) is 6.67. The highest BCUT2D eigenvalue weighted by Gasteiger charge is 2.21. The third kappa shape index (κ3) is 3.25. The highest BCUT2D eigenvalue weighted by Crippen LogP contribution is 2.21. The van der Waals surface area contributed by atoms with E-state index in [1.54, 1.807) is 29.2 Å². The van der Waals surface area contributed by atoms with E-state index < -0.39 is 0 Å². The molecule has 8 nitrogen and oxygen atoms in total. The van der Waals surface area contributed by atoms with Crippen molar-refractivity contribution in [3.8, 4) is 0 Å². The summed E-state index contributed by atoms with van der Waals surface area (Å²) in [6, 6.07) is 9.02. The van der Waals surface area contributed by atoms with Crippen LogP contribution in [0.15, 0.2) is 30.3 Å². The predicted molar refractivity (Wildman–Crippen MR) is 99.5 cm³/mol. The number of hydrogen-bond acceptors (Lipinski definition) is 5. The predicted octanol–water partition coefficient (Wildman–Crippen LogP) is 1.80. The fourth-order valence-corrected chi connectivity index (χ4v) is 3.39. The van der Waals surface area contributed by atoms with Crippen molar-refractivity contribution in [2.75, 3.05) is 11.4 Å². The van der Waals surface area contributed by atoms with E-state index in [-0.39, 0.29) is 18.4 Å². The smallest absolute Gasteiger partial charge is 0.255 e. The van der Waals surface area contributed by atoms with Gasteiger partial charge >= 0.3 is 0 Å². The maximum atomic E-state index is 12.4. The third-order valence-electron chi connectivity index (χ3n) is 4.68. The molecule has 0 spiro atoms. The molecule has 27 heavy (non-hydrogen) atoms. The molecule has 0 atom stereocenters. The maximum Gasteiger partial charge on any atom is 0.255 e. The standard InChI is InChI=1S/C19H20N6O2/c1-12-10-13(2)25-16(22-23-19(25)21-12)11-20-18(27)14-5-7-15(8-6-14)24-9-3-4-17(24)26/h5-8,10H,3-4,9,11H2,1-2H3,(H,20,27). The molecule has 1 aromatic carbocycles. The molecule has 2 aromatic heterocycles. The van der Waals surface area contributed by atoms with Crippen LogP contribution in [0.4, 0.5) is 5.69 Å². The molecular weight excluding hydrogens is 344 g/mol. The van der Waals surface area contributed by atoms with Gasteiger partial charge in [-0.15, -0.1) is 10.2 Å². The number of nitrogens with one attached hydrogen (secondary N) is 1. The topological polar surface area (TPSA) is 92.5 Å². The van der Waals surface area contributed by atoms with Gasteiger partial charge in [-0.2, -0.15) is 0 Å². The number of rotatable bonds is 4. The van der Waals surface area contributed by atoms with Gasteiger partial charge in [-0.25, -0.2) is 4.98 Å². The molecule has 1 N–H and O–H groups in total. The van der Waals surface area contributed by atoms with Crippen molar-refractivity contribution < 1.29 is 9.59 Å². The van der Waals surface area contributed by atoms with E-state index in [0.29, 0.717) is 23.6 Å². The van der Waals surface area contributed by atoms with Crippen molar-refractivity contribution in [1.82, 2.24) is 24.9 Å². The molecule has 3 heterocycles. The van der Waals surface area contributed by atoms with E-state index >= 15 is 0 Å². The summed E-state index contributed by atoms with van der Waals surface area (Å²) < 4.78 is 1.83. The number of anilines is 1. The first-order chi connectivity index (χ1) is 13.0. The number of aromatic nitrogens is 4. The molecule has 2 amide bonds. The lowest BCUT2D eigenvalue weighted by atomic mass is 10.2. The Bertz CT molecular complexity index is 1020. The number of benzene rings is 1. The van der Waals surface area contributed by atoms with Crippen LogP contribution in [0.5, 0.6) is 0 Å². The van der Waals surface area contributed by atoms with Crippen molar-refractivity contribution >= 4 is 23.3 Å². The zero-order valence-electron chi connectivity index (χ0n) is 15.3. The number of fused-ring (bicyclic) bond motifs is 1. The van der Waals surface area contributed by atoms with E-state index in [2.05, 4.69) is 20.5 Å².